The van der Waals surface area contributed by atoms with E-state index in [1.165, 1.54) is 6.07 Å². The number of nitrogens with one attached hydrogen (secondary N) is 1. The highest BCUT2D eigenvalue weighted by Gasteiger charge is 2.35. The van der Waals surface area contributed by atoms with Crippen LogP contribution in [0.2, 0.25) is 0 Å². The van der Waals surface area contributed by atoms with Gasteiger partial charge in [-0.2, -0.15) is 18.2 Å². The summed E-state index contributed by atoms with van der Waals surface area (Å²) >= 11 is 0. The third-order valence-corrected chi connectivity index (χ3v) is 6.67. The fourth-order valence-corrected chi connectivity index (χ4v) is 4.39. The number of fused-ring (bicyclic) bond motifs is 1. The summed E-state index contributed by atoms with van der Waals surface area (Å²) in [6, 6.07) is 4.64. The summed E-state index contributed by atoms with van der Waals surface area (Å²) in [5.74, 6) is -1.23. The molecule has 0 bridgehead atoms. The molecule has 2 aliphatic heterocycles. The van der Waals surface area contributed by atoms with Crippen LogP contribution >= 0.6 is 0 Å². The molecule has 0 unspecified atom stereocenters. The topological polar surface area (TPSA) is 83.2 Å². The summed E-state index contributed by atoms with van der Waals surface area (Å²) in [4.78, 5) is 17.5. The van der Waals surface area contributed by atoms with Crippen LogP contribution in [0.3, 0.4) is 0 Å². The van der Waals surface area contributed by atoms with Crippen LogP contribution in [0.15, 0.2) is 30.5 Å². The number of hydrogen-bond donors (Lipinski definition) is 2. The van der Waals surface area contributed by atoms with Crippen LogP contribution in [0.1, 0.15) is 43.4 Å². The minimum atomic E-state index is -4.53. The van der Waals surface area contributed by atoms with Crippen LogP contribution in [0.4, 0.5) is 45.2 Å². The molecule has 2 fully saturated rings. The molecule has 192 valence electrons. The number of hydrogen-bond acceptors (Lipinski definition) is 7. The van der Waals surface area contributed by atoms with Crippen molar-refractivity contribution in [3.63, 3.8) is 0 Å². The number of anilines is 4. The molecule has 0 spiro atoms. The largest absolute Gasteiger partial charge is 0.416 e. The molecule has 3 aromatic rings. The zero-order valence-electron chi connectivity index (χ0n) is 19.6. The maximum Gasteiger partial charge on any atom is 0.416 e. The van der Waals surface area contributed by atoms with Gasteiger partial charge in [-0.15, -0.1) is 0 Å². The van der Waals surface area contributed by atoms with Crippen molar-refractivity contribution in [1.82, 2.24) is 15.0 Å². The molecule has 0 amide bonds. The number of benzene rings is 1. The van der Waals surface area contributed by atoms with Crippen molar-refractivity contribution >= 4 is 34.2 Å². The standard InChI is InChI=1S/C24H26F5N7/c1-14(15-9-16(24(27,28)29)11-17(30)10-15)32-21-18-12-20(35-7-3-23(25,26)4-8-35)31-13-19(18)33-22(34-21)36-5-2-6-36/h9-14H,2-8,30H2,1H3,(H,32,33,34)/t14-/m1/s1. The predicted molar refractivity (Wildman–Crippen MR) is 128 cm³/mol. The maximum atomic E-state index is 13.6. The summed E-state index contributed by atoms with van der Waals surface area (Å²) in [6.45, 7) is 3.67. The number of nitrogen functional groups attached to an aromatic ring is 1. The Morgan fingerprint density at radius 2 is 1.72 bits per heavy atom. The highest BCUT2D eigenvalue weighted by molar-refractivity contribution is 5.91. The first kappa shape index (κ1) is 24.3. The van der Waals surface area contributed by atoms with Crippen LogP contribution in [-0.4, -0.2) is 47.1 Å². The fourth-order valence-electron chi connectivity index (χ4n) is 4.39. The molecule has 2 aromatic heterocycles. The van der Waals surface area contributed by atoms with E-state index in [2.05, 4.69) is 20.3 Å². The van der Waals surface area contributed by atoms with Crippen molar-refractivity contribution in [2.75, 3.05) is 47.0 Å². The highest BCUT2D eigenvalue weighted by Crippen LogP contribution is 2.36. The minimum absolute atomic E-state index is 0.00988. The Bertz CT molecular complexity index is 1270. The first-order chi connectivity index (χ1) is 17.0. The molecule has 0 aliphatic carbocycles. The molecule has 2 aliphatic rings. The minimum Gasteiger partial charge on any atom is -0.399 e. The van der Waals surface area contributed by atoms with Gasteiger partial charge in [0.15, 0.2) is 0 Å². The molecule has 36 heavy (non-hydrogen) atoms. The molecule has 5 rings (SSSR count). The van der Waals surface area contributed by atoms with Gasteiger partial charge < -0.3 is 20.9 Å². The van der Waals surface area contributed by atoms with E-state index in [4.69, 9.17) is 5.73 Å². The lowest BCUT2D eigenvalue weighted by Gasteiger charge is -2.33. The zero-order valence-corrected chi connectivity index (χ0v) is 19.6. The number of pyridine rings is 1. The van der Waals surface area contributed by atoms with Crippen molar-refractivity contribution in [1.29, 1.82) is 0 Å². The summed E-state index contributed by atoms with van der Waals surface area (Å²) in [5.41, 5.74) is 5.85. The summed E-state index contributed by atoms with van der Waals surface area (Å²) in [6.07, 6.45) is -2.43. The van der Waals surface area contributed by atoms with E-state index in [-0.39, 0.29) is 31.6 Å². The van der Waals surface area contributed by atoms with E-state index in [9.17, 15) is 22.0 Å². The molecule has 7 nitrogen and oxygen atoms in total. The molecule has 0 saturated carbocycles. The number of piperidine rings is 1. The van der Waals surface area contributed by atoms with Gasteiger partial charge in [0.05, 0.1) is 23.3 Å². The Balaban J connectivity index is 1.51. The van der Waals surface area contributed by atoms with Crippen molar-refractivity contribution in [2.45, 2.75) is 44.3 Å². The molecular weight excluding hydrogens is 481 g/mol. The van der Waals surface area contributed by atoms with Gasteiger partial charge in [-0.3, -0.25) is 0 Å². The first-order valence-corrected chi connectivity index (χ1v) is 11.8. The quantitative estimate of drug-likeness (QED) is 0.361. The van der Waals surface area contributed by atoms with Gasteiger partial charge in [0.2, 0.25) is 5.95 Å². The molecule has 1 atom stereocenters. The van der Waals surface area contributed by atoms with Crippen molar-refractivity contribution in [3.8, 4) is 0 Å². The Morgan fingerprint density at radius 3 is 2.36 bits per heavy atom. The SMILES string of the molecule is C[C@@H](Nc1nc(N2CCC2)nc2cnc(N3CCC(F)(F)CC3)cc12)c1cc(N)cc(C(F)(F)F)c1. The smallest absolute Gasteiger partial charge is 0.399 e. The number of nitrogens with zero attached hydrogens (tertiary/aromatic N) is 5. The lowest BCUT2D eigenvalue weighted by molar-refractivity contribution is -0.137. The molecule has 1 aromatic carbocycles. The molecule has 2 saturated heterocycles. The number of nitrogens with two attached hydrogens (primary N) is 1. The third kappa shape index (κ3) is 4.93. The van der Waals surface area contributed by atoms with Gasteiger partial charge in [-0.05, 0) is 43.2 Å². The van der Waals surface area contributed by atoms with Crippen LogP contribution in [0.5, 0.6) is 0 Å². The first-order valence-electron chi connectivity index (χ1n) is 11.8. The number of halogens is 5. The normalized spacial score (nSPS) is 18.7. The number of aromatic nitrogens is 3. The van der Waals surface area contributed by atoms with Gasteiger partial charge in [-0.1, -0.05) is 0 Å². The fraction of sp³-hybridized carbons (Fsp3) is 0.458. The molecule has 0 radical (unpaired) electrons. The van der Waals surface area contributed by atoms with E-state index in [0.29, 0.717) is 34.1 Å². The summed E-state index contributed by atoms with van der Waals surface area (Å²) < 4.78 is 67.3. The van der Waals surface area contributed by atoms with E-state index in [0.717, 1.165) is 31.6 Å². The third-order valence-electron chi connectivity index (χ3n) is 6.67. The molecular formula is C24H26F5N7. The van der Waals surface area contributed by atoms with Crippen LogP contribution < -0.4 is 20.9 Å². The van der Waals surface area contributed by atoms with E-state index >= 15 is 0 Å². The number of rotatable bonds is 5. The van der Waals surface area contributed by atoms with Gasteiger partial charge in [0, 0.05) is 50.1 Å². The van der Waals surface area contributed by atoms with Gasteiger partial charge in [0.1, 0.15) is 11.6 Å². The maximum absolute atomic E-state index is 13.6. The predicted octanol–water partition coefficient (Wildman–Crippen LogP) is 5.24. The zero-order chi connectivity index (χ0) is 25.7. The average molecular weight is 508 g/mol. The van der Waals surface area contributed by atoms with E-state index in [1.807, 2.05) is 4.90 Å². The van der Waals surface area contributed by atoms with E-state index < -0.39 is 23.7 Å². The number of alkyl halides is 5. The Morgan fingerprint density at radius 1 is 1.00 bits per heavy atom. The Labute approximate surface area is 204 Å². The molecule has 4 heterocycles. The lowest BCUT2D eigenvalue weighted by atomic mass is 10.0. The van der Waals surface area contributed by atoms with Crippen molar-refractivity contribution in [2.24, 2.45) is 0 Å². The van der Waals surface area contributed by atoms with Gasteiger partial charge in [0.25, 0.3) is 5.92 Å². The summed E-state index contributed by atoms with van der Waals surface area (Å²) in [5, 5.41) is 3.83. The van der Waals surface area contributed by atoms with Crippen LogP contribution in [0.25, 0.3) is 10.9 Å². The van der Waals surface area contributed by atoms with Gasteiger partial charge in [-0.25, -0.2) is 18.7 Å². The van der Waals surface area contributed by atoms with E-state index in [1.54, 1.807) is 24.1 Å². The second-order valence-corrected chi connectivity index (χ2v) is 9.37. The Hall–Kier alpha value is -3.44. The Kier molecular flexibility index (Phi) is 6.00. The lowest BCUT2D eigenvalue weighted by Crippen LogP contribution is -2.39. The average Bonchev–Trinajstić information content (AvgIpc) is 2.77. The monoisotopic (exact) mass is 507 g/mol. The summed E-state index contributed by atoms with van der Waals surface area (Å²) in [7, 11) is 0. The highest BCUT2D eigenvalue weighted by atomic mass is 19.4. The second kappa shape index (κ2) is 8.90. The second-order valence-electron chi connectivity index (χ2n) is 9.37. The van der Waals surface area contributed by atoms with Crippen LogP contribution in [-0.2, 0) is 6.18 Å². The molecule has 12 heteroatoms. The molecule has 3 N–H and O–H groups in total. The van der Waals surface area contributed by atoms with Crippen molar-refractivity contribution < 1.29 is 22.0 Å². The van der Waals surface area contributed by atoms with Crippen LogP contribution in [0, 0.1) is 0 Å². The van der Waals surface area contributed by atoms with Gasteiger partial charge >= 0.3 is 6.18 Å². The van der Waals surface area contributed by atoms with Crippen molar-refractivity contribution in [3.05, 3.63) is 41.6 Å².